The molecule has 0 unspecified atom stereocenters. The Kier molecular flexibility index (Phi) is 4.90. The molecule has 1 aromatic carbocycles. The zero-order valence-electron chi connectivity index (χ0n) is 15.4. The Morgan fingerprint density at radius 1 is 1.30 bits per heavy atom. The number of nitrogens with two attached hydrogens (primary N) is 1. The van der Waals surface area contributed by atoms with Gasteiger partial charge < -0.3 is 10.5 Å². The molecule has 1 aliphatic heterocycles. The van der Waals surface area contributed by atoms with Crippen LogP contribution < -0.4 is 5.73 Å². The Morgan fingerprint density at radius 3 is 2.81 bits per heavy atom. The van der Waals surface area contributed by atoms with Gasteiger partial charge in [-0.15, -0.1) is 0 Å². The fourth-order valence-electron chi connectivity index (χ4n) is 4.23. The average Bonchev–Trinajstić information content (AvgIpc) is 3.00. The second-order valence-electron chi connectivity index (χ2n) is 7.45. The number of amidine groups is 1. The Morgan fingerprint density at radius 2 is 2.07 bits per heavy atom. The van der Waals surface area contributed by atoms with Gasteiger partial charge in [0.1, 0.15) is 12.1 Å². The Labute approximate surface area is 162 Å². The molecule has 27 heavy (non-hydrogen) atoms. The molecule has 1 aliphatic carbocycles. The van der Waals surface area contributed by atoms with Crippen LogP contribution in [0, 0.1) is 11.7 Å². The second-order valence-corrected chi connectivity index (χ2v) is 8.49. The van der Waals surface area contributed by atoms with E-state index in [1.165, 1.54) is 12.4 Å². The summed E-state index contributed by atoms with van der Waals surface area (Å²) in [4.78, 5) is 12.9. The number of rotatable bonds is 4. The van der Waals surface area contributed by atoms with Crippen molar-refractivity contribution in [3.05, 3.63) is 48.3 Å². The van der Waals surface area contributed by atoms with Crippen molar-refractivity contribution in [3.8, 4) is 11.1 Å². The van der Waals surface area contributed by atoms with E-state index >= 15 is 0 Å². The molecule has 3 atom stereocenters. The fraction of sp³-hybridized carbons (Fsp3) is 0.450. The predicted octanol–water partition coefficient (Wildman–Crippen LogP) is 3.74. The van der Waals surface area contributed by atoms with Crippen molar-refractivity contribution in [2.45, 2.75) is 44.4 Å². The number of halogens is 1. The molecule has 1 aromatic heterocycles. The van der Waals surface area contributed by atoms with Crippen molar-refractivity contribution in [1.29, 1.82) is 0 Å². The van der Waals surface area contributed by atoms with Crippen LogP contribution in [0.5, 0.6) is 0 Å². The van der Waals surface area contributed by atoms with Gasteiger partial charge in [0, 0.05) is 41.6 Å². The van der Waals surface area contributed by atoms with E-state index in [9.17, 15) is 4.39 Å². The van der Waals surface area contributed by atoms with Crippen LogP contribution in [0.25, 0.3) is 11.1 Å². The lowest BCUT2D eigenvalue weighted by molar-refractivity contribution is 0.00847. The van der Waals surface area contributed by atoms with E-state index in [1.807, 2.05) is 26.0 Å². The minimum Gasteiger partial charge on any atom is -0.379 e. The molecule has 0 amide bonds. The van der Waals surface area contributed by atoms with E-state index < -0.39 is 5.54 Å². The summed E-state index contributed by atoms with van der Waals surface area (Å²) >= 11 is 1.59. The minimum absolute atomic E-state index is 0.124. The summed E-state index contributed by atoms with van der Waals surface area (Å²) in [6, 6.07) is 5.22. The molecule has 0 bridgehead atoms. The van der Waals surface area contributed by atoms with Gasteiger partial charge in [-0.2, -0.15) is 0 Å². The molecule has 0 radical (unpaired) electrons. The maximum atomic E-state index is 14.5. The first kappa shape index (κ1) is 18.4. The van der Waals surface area contributed by atoms with Crippen LogP contribution in [-0.4, -0.2) is 33.1 Å². The topological polar surface area (TPSA) is 73.4 Å². The van der Waals surface area contributed by atoms with Crippen LogP contribution in [-0.2, 0) is 10.3 Å². The number of fused-ring (bicyclic) bond motifs is 1. The van der Waals surface area contributed by atoms with Crippen LogP contribution in [0.4, 0.5) is 4.39 Å². The first-order chi connectivity index (χ1) is 13.0. The third kappa shape index (κ3) is 3.46. The lowest BCUT2D eigenvalue weighted by atomic mass is 9.80. The first-order valence-corrected chi connectivity index (χ1v) is 10.2. The molecule has 2 heterocycles. The summed E-state index contributed by atoms with van der Waals surface area (Å²) in [6.45, 7) is 4.10. The molecule has 2 N–H and O–H groups in total. The lowest BCUT2D eigenvalue weighted by Gasteiger charge is -2.36. The smallest absolute Gasteiger partial charge is 0.154 e. The molecular weight excluding hydrogens is 363 g/mol. The van der Waals surface area contributed by atoms with Crippen molar-refractivity contribution in [2.24, 2.45) is 16.6 Å². The summed E-state index contributed by atoms with van der Waals surface area (Å²) < 4.78 is 20.7. The summed E-state index contributed by atoms with van der Waals surface area (Å²) in [5, 5.41) is 0.588. The number of hydrogen-bond acceptors (Lipinski definition) is 6. The standard InChI is InChI=1S/C20H23FN4OS/c1-12(2)26-16-5-15-10-27-19(22)25-20(15,7-16)14-3-4-18(21)17(6-14)13-8-23-11-24-9-13/h3-4,6,8-9,11-12,15-16H,5,7,10H2,1-2H3,(H2,22,25)/t15-,16+,20+/m0/s1. The summed E-state index contributed by atoms with van der Waals surface area (Å²) in [5.41, 5.74) is 7.77. The molecule has 1 fully saturated rings. The molecule has 0 saturated heterocycles. The van der Waals surface area contributed by atoms with E-state index in [0.717, 1.165) is 24.2 Å². The molecule has 5 nitrogen and oxygen atoms in total. The van der Waals surface area contributed by atoms with Gasteiger partial charge in [-0.25, -0.2) is 14.4 Å². The molecule has 2 aliphatic rings. The van der Waals surface area contributed by atoms with Gasteiger partial charge in [-0.3, -0.25) is 4.99 Å². The zero-order chi connectivity index (χ0) is 19.0. The average molecular weight is 386 g/mol. The molecule has 2 aromatic rings. The highest BCUT2D eigenvalue weighted by Gasteiger charge is 2.51. The van der Waals surface area contributed by atoms with E-state index in [4.69, 9.17) is 15.5 Å². The van der Waals surface area contributed by atoms with Crippen molar-refractivity contribution < 1.29 is 9.13 Å². The van der Waals surface area contributed by atoms with Gasteiger partial charge in [0.25, 0.3) is 0 Å². The minimum atomic E-state index is -0.465. The Balaban J connectivity index is 1.79. The van der Waals surface area contributed by atoms with Crippen molar-refractivity contribution >= 4 is 16.9 Å². The monoisotopic (exact) mass is 386 g/mol. The number of benzene rings is 1. The van der Waals surface area contributed by atoms with Crippen LogP contribution in [0.2, 0.25) is 0 Å². The zero-order valence-corrected chi connectivity index (χ0v) is 16.2. The van der Waals surface area contributed by atoms with Gasteiger partial charge in [0.2, 0.25) is 0 Å². The molecule has 142 valence electrons. The molecular formula is C20H23FN4OS. The van der Waals surface area contributed by atoms with E-state index in [1.54, 1.807) is 24.2 Å². The van der Waals surface area contributed by atoms with Crippen molar-refractivity contribution in [3.63, 3.8) is 0 Å². The fourth-order valence-corrected chi connectivity index (χ4v) is 5.24. The van der Waals surface area contributed by atoms with Crippen LogP contribution in [0.15, 0.2) is 41.9 Å². The highest BCUT2D eigenvalue weighted by molar-refractivity contribution is 8.13. The first-order valence-electron chi connectivity index (χ1n) is 9.17. The third-order valence-corrected chi connectivity index (χ3v) is 6.26. The number of ether oxygens (including phenoxy) is 1. The third-order valence-electron chi connectivity index (χ3n) is 5.31. The summed E-state index contributed by atoms with van der Waals surface area (Å²) in [6.07, 6.45) is 6.66. The van der Waals surface area contributed by atoms with Crippen LogP contribution >= 0.6 is 11.8 Å². The van der Waals surface area contributed by atoms with Crippen molar-refractivity contribution in [2.75, 3.05) is 5.75 Å². The quantitative estimate of drug-likeness (QED) is 0.866. The predicted molar refractivity (Wildman–Crippen MR) is 106 cm³/mol. The largest absolute Gasteiger partial charge is 0.379 e. The number of hydrogen-bond donors (Lipinski definition) is 1. The van der Waals surface area contributed by atoms with Gasteiger partial charge in [-0.05, 0) is 38.0 Å². The van der Waals surface area contributed by atoms with Gasteiger partial charge in [-0.1, -0.05) is 17.8 Å². The van der Waals surface area contributed by atoms with Gasteiger partial charge in [0.15, 0.2) is 5.17 Å². The number of thioether (sulfide) groups is 1. The molecule has 1 saturated carbocycles. The maximum absolute atomic E-state index is 14.5. The van der Waals surface area contributed by atoms with E-state index in [-0.39, 0.29) is 18.0 Å². The normalized spacial score (nSPS) is 27.5. The van der Waals surface area contributed by atoms with Gasteiger partial charge in [0.05, 0.1) is 17.7 Å². The highest BCUT2D eigenvalue weighted by Crippen LogP contribution is 2.52. The molecule has 7 heteroatoms. The SMILES string of the molecule is CC(C)O[C@@H]1C[C@H]2CSC(N)=N[C@@]2(c2ccc(F)c(-c3cncnc3)c2)C1. The molecule has 4 rings (SSSR count). The van der Waals surface area contributed by atoms with Crippen LogP contribution in [0.1, 0.15) is 32.3 Å². The number of aliphatic imine (C=N–C) groups is 1. The number of aromatic nitrogens is 2. The summed E-state index contributed by atoms with van der Waals surface area (Å²) in [7, 11) is 0. The number of nitrogens with zero attached hydrogens (tertiary/aromatic N) is 3. The Hall–Kier alpha value is -1.99. The van der Waals surface area contributed by atoms with Crippen LogP contribution in [0.3, 0.4) is 0 Å². The summed E-state index contributed by atoms with van der Waals surface area (Å²) in [5.74, 6) is 0.912. The van der Waals surface area contributed by atoms with E-state index in [0.29, 0.717) is 22.2 Å². The Bertz CT molecular complexity index is 860. The lowest BCUT2D eigenvalue weighted by Crippen LogP contribution is -2.36. The molecule has 0 spiro atoms. The second kappa shape index (κ2) is 7.20. The van der Waals surface area contributed by atoms with Gasteiger partial charge >= 0.3 is 0 Å². The van der Waals surface area contributed by atoms with E-state index in [2.05, 4.69) is 9.97 Å². The maximum Gasteiger partial charge on any atom is 0.154 e. The van der Waals surface area contributed by atoms with Crippen molar-refractivity contribution in [1.82, 2.24) is 9.97 Å². The highest BCUT2D eigenvalue weighted by atomic mass is 32.2.